The second-order valence-corrected chi connectivity index (χ2v) is 7.46. The molecule has 0 bridgehead atoms. The van der Waals surface area contributed by atoms with Gasteiger partial charge < -0.3 is 15.0 Å². The molecule has 0 spiro atoms. The number of nitrogens with zero attached hydrogens (tertiary/aromatic N) is 4. The molecule has 1 amide bonds. The van der Waals surface area contributed by atoms with Crippen LogP contribution in [0.3, 0.4) is 0 Å². The molecule has 2 aromatic rings. The smallest absolute Gasteiger partial charge is 0.224 e. The first-order valence-electron chi connectivity index (χ1n) is 8.05. The Morgan fingerprint density at radius 1 is 1.46 bits per heavy atom. The van der Waals surface area contributed by atoms with Crippen LogP contribution >= 0.6 is 11.3 Å². The van der Waals surface area contributed by atoms with Crippen molar-refractivity contribution in [3.05, 3.63) is 29.5 Å². The van der Waals surface area contributed by atoms with Gasteiger partial charge in [-0.25, -0.2) is 0 Å². The highest BCUT2D eigenvalue weighted by molar-refractivity contribution is 7.15. The predicted molar refractivity (Wildman–Crippen MR) is 91.1 cm³/mol. The van der Waals surface area contributed by atoms with Crippen molar-refractivity contribution >= 4 is 28.1 Å². The molecule has 2 aliphatic heterocycles. The Balaban J connectivity index is 1.36. The summed E-state index contributed by atoms with van der Waals surface area (Å²) in [6.07, 6.45) is 4.00. The van der Waals surface area contributed by atoms with E-state index in [-0.39, 0.29) is 17.9 Å². The van der Waals surface area contributed by atoms with E-state index < -0.39 is 0 Å². The topological polar surface area (TPSA) is 80.2 Å². The highest BCUT2D eigenvalue weighted by Crippen LogP contribution is 2.38. The Kier molecular flexibility index (Phi) is 4.15. The fraction of sp³-hybridized carbons (Fsp3) is 0.500. The summed E-state index contributed by atoms with van der Waals surface area (Å²) in [5, 5.41) is 13.1. The van der Waals surface area contributed by atoms with Gasteiger partial charge in [-0.3, -0.25) is 9.78 Å². The number of carbonyl (C=O) groups is 1. The maximum Gasteiger partial charge on any atom is 0.224 e. The number of ether oxygens (including phenoxy) is 1. The molecule has 0 saturated carbocycles. The molecule has 4 rings (SSSR count). The normalized spacial score (nSPS) is 25.7. The minimum atomic E-state index is 0.0162. The van der Waals surface area contributed by atoms with Crippen LogP contribution in [-0.4, -0.2) is 46.9 Å². The second kappa shape index (κ2) is 6.45. The van der Waals surface area contributed by atoms with Crippen LogP contribution in [-0.2, 0) is 9.53 Å². The molecule has 2 aromatic heterocycles. The summed E-state index contributed by atoms with van der Waals surface area (Å²) in [5.41, 5.74) is 0.732. The molecule has 0 radical (unpaired) electrons. The number of aromatic nitrogens is 3. The second-order valence-electron chi connectivity index (χ2n) is 6.30. The predicted octanol–water partition coefficient (Wildman–Crippen LogP) is 1.72. The molecule has 0 unspecified atom stereocenters. The first-order chi connectivity index (χ1) is 11.7. The lowest BCUT2D eigenvalue weighted by Crippen LogP contribution is -2.26. The zero-order chi connectivity index (χ0) is 16.5. The third-order valence-electron chi connectivity index (χ3n) is 4.62. The zero-order valence-corrected chi connectivity index (χ0v) is 14.2. The summed E-state index contributed by atoms with van der Waals surface area (Å²) < 4.78 is 5.92. The van der Waals surface area contributed by atoms with E-state index in [0.29, 0.717) is 18.9 Å². The minimum absolute atomic E-state index is 0.0162. The summed E-state index contributed by atoms with van der Waals surface area (Å²) in [4.78, 5) is 18.5. The van der Waals surface area contributed by atoms with E-state index in [1.807, 2.05) is 19.1 Å². The van der Waals surface area contributed by atoms with Crippen molar-refractivity contribution in [2.45, 2.75) is 19.4 Å². The van der Waals surface area contributed by atoms with E-state index in [0.717, 1.165) is 28.9 Å². The van der Waals surface area contributed by atoms with Gasteiger partial charge in [0, 0.05) is 31.6 Å². The van der Waals surface area contributed by atoms with Gasteiger partial charge in [-0.2, -0.15) is 0 Å². The van der Waals surface area contributed by atoms with Gasteiger partial charge in [-0.1, -0.05) is 11.3 Å². The molecule has 1 N–H and O–H groups in total. The Bertz CT molecular complexity index is 722. The van der Waals surface area contributed by atoms with E-state index >= 15 is 0 Å². The summed E-state index contributed by atoms with van der Waals surface area (Å²) in [5.74, 6) is 0.627. The van der Waals surface area contributed by atoms with Crippen LogP contribution in [0, 0.1) is 18.8 Å². The monoisotopic (exact) mass is 345 g/mol. The van der Waals surface area contributed by atoms with Gasteiger partial charge in [0.15, 0.2) is 0 Å². The largest absolute Gasteiger partial charge is 0.376 e. The van der Waals surface area contributed by atoms with Crippen molar-refractivity contribution in [2.75, 3.05) is 29.9 Å². The highest BCUT2D eigenvalue weighted by Gasteiger charge is 2.45. The highest BCUT2D eigenvalue weighted by atomic mass is 32.1. The Labute approximate surface area is 144 Å². The summed E-state index contributed by atoms with van der Waals surface area (Å²) in [7, 11) is 0. The summed E-state index contributed by atoms with van der Waals surface area (Å²) in [6.45, 7) is 4.32. The van der Waals surface area contributed by atoms with E-state index in [1.165, 1.54) is 0 Å². The molecule has 2 fully saturated rings. The van der Waals surface area contributed by atoms with Crippen molar-refractivity contribution in [1.82, 2.24) is 15.2 Å². The quantitative estimate of drug-likeness (QED) is 0.909. The fourth-order valence-corrected chi connectivity index (χ4v) is 4.17. The number of anilines is 2. The maximum absolute atomic E-state index is 12.3. The number of nitrogens with one attached hydrogen (secondary N) is 1. The van der Waals surface area contributed by atoms with E-state index in [1.54, 1.807) is 23.7 Å². The molecule has 8 heteroatoms. The van der Waals surface area contributed by atoms with Crippen molar-refractivity contribution in [2.24, 2.45) is 11.8 Å². The number of carbonyl (C=O) groups excluding carboxylic acids is 1. The maximum atomic E-state index is 12.3. The lowest BCUT2D eigenvalue weighted by atomic mass is 9.90. The van der Waals surface area contributed by atoms with Crippen molar-refractivity contribution in [1.29, 1.82) is 0 Å². The van der Waals surface area contributed by atoms with E-state index in [2.05, 4.69) is 25.4 Å². The standard InChI is InChI=1S/C16H19N5O2S/c1-10-19-20-16(24-10)21-7-13-11(9-23-14(13)8-21)5-15(22)18-12-3-2-4-17-6-12/h2-4,6,11,13-14H,5,7-9H2,1H3,(H,18,22)/t11-,13-,14-/m0/s1. The van der Waals surface area contributed by atoms with Crippen LogP contribution in [0.25, 0.3) is 0 Å². The molecule has 4 heterocycles. The first kappa shape index (κ1) is 15.5. The molecule has 24 heavy (non-hydrogen) atoms. The number of pyridine rings is 1. The molecule has 0 aromatic carbocycles. The number of hydrogen-bond donors (Lipinski definition) is 1. The van der Waals surface area contributed by atoms with Crippen LogP contribution in [0.15, 0.2) is 24.5 Å². The number of hydrogen-bond acceptors (Lipinski definition) is 7. The Hall–Kier alpha value is -2.06. The van der Waals surface area contributed by atoms with Gasteiger partial charge in [0.05, 0.1) is 24.6 Å². The lowest BCUT2D eigenvalue weighted by molar-refractivity contribution is -0.117. The van der Waals surface area contributed by atoms with Crippen molar-refractivity contribution in [3.63, 3.8) is 0 Å². The molecule has 2 saturated heterocycles. The third-order valence-corrected chi connectivity index (χ3v) is 5.52. The summed E-state index contributed by atoms with van der Waals surface area (Å²) >= 11 is 1.60. The molecule has 7 nitrogen and oxygen atoms in total. The molecule has 0 aliphatic carbocycles. The average molecular weight is 345 g/mol. The van der Waals surface area contributed by atoms with Crippen LogP contribution in [0.5, 0.6) is 0 Å². The van der Waals surface area contributed by atoms with Crippen LogP contribution < -0.4 is 10.2 Å². The fourth-order valence-electron chi connectivity index (χ4n) is 3.47. The van der Waals surface area contributed by atoms with E-state index in [4.69, 9.17) is 4.74 Å². The summed E-state index contributed by atoms with van der Waals surface area (Å²) in [6, 6.07) is 3.65. The minimum Gasteiger partial charge on any atom is -0.376 e. The Morgan fingerprint density at radius 2 is 2.38 bits per heavy atom. The SMILES string of the molecule is Cc1nnc(N2C[C@H]3[C@@H](CC(=O)Nc4cccnc4)CO[C@H]3C2)s1. The number of amides is 1. The van der Waals surface area contributed by atoms with E-state index in [9.17, 15) is 4.79 Å². The van der Waals surface area contributed by atoms with Gasteiger partial charge in [0.1, 0.15) is 5.01 Å². The first-order valence-corrected chi connectivity index (χ1v) is 8.87. The van der Waals surface area contributed by atoms with Gasteiger partial charge in [0.2, 0.25) is 11.0 Å². The molecular formula is C16H19N5O2S. The zero-order valence-electron chi connectivity index (χ0n) is 13.4. The number of fused-ring (bicyclic) bond motifs is 1. The average Bonchev–Trinajstić information content (AvgIpc) is 3.25. The Morgan fingerprint density at radius 3 is 3.12 bits per heavy atom. The van der Waals surface area contributed by atoms with Gasteiger partial charge >= 0.3 is 0 Å². The van der Waals surface area contributed by atoms with Crippen molar-refractivity contribution in [3.8, 4) is 0 Å². The van der Waals surface area contributed by atoms with Gasteiger partial charge in [-0.15, -0.1) is 10.2 Å². The number of rotatable bonds is 4. The molecule has 126 valence electrons. The third kappa shape index (κ3) is 3.11. The van der Waals surface area contributed by atoms with Crippen LogP contribution in [0.1, 0.15) is 11.4 Å². The van der Waals surface area contributed by atoms with Crippen LogP contribution in [0.4, 0.5) is 10.8 Å². The lowest BCUT2D eigenvalue weighted by Gasteiger charge is -2.18. The van der Waals surface area contributed by atoms with Gasteiger partial charge in [0.25, 0.3) is 0 Å². The van der Waals surface area contributed by atoms with Crippen LogP contribution in [0.2, 0.25) is 0 Å². The molecule has 2 aliphatic rings. The number of aryl methyl sites for hydroxylation is 1. The van der Waals surface area contributed by atoms with Crippen molar-refractivity contribution < 1.29 is 9.53 Å². The molecular weight excluding hydrogens is 326 g/mol. The van der Waals surface area contributed by atoms with Gasteiger partial charge in [-0.05, 0) is 25.0 Å². The molecule has 3 atom stereocenters.